The summed E-state index contributed by atoms with van der Waals surface area (Å²) in [6.07, 6.45) is 1.45. The summed E-state index contributed by atoms with van der Waals surface area (Å²) in [7, 11) is 0. The normalized spacial score (nSPS) is 13.1. The van der Waals surface area contributed by atoms with Crippen molar-refractivity contribution in [1.29, 1.82) is 0 Å². The summed E-state index contributed by atoms with van der Waals surface area (Å²) in [6, 6.07) is 10.0. The molecular formula is C22H27N5O3. The minimum atomic E-state index is -0.880. The van der Waals surface area contributed by atoms with Gasteiger partial charge in [-0.2, -0.15) is 10.1 Å². The zero-order valence-corrected chi connectivity index (χ0v) is 17.8. The van der Waals surface area contributed by atoms with E-state index in [4.69, 9.17) is 4.74 Å². The van der Waals surface area contributed by atoms with E-state index in [-0.39, 0.29) is 18.2 Å². The molecule has 30 heavy (non-hydrogen) atoms. The molecule has 0 spiro atoms. The van der Waals surface area contributed by atoms with Gasteiger partial charge in [-0.25, -0.2) is 9.50 Å². The molecule has 0 aliphatic carbocycles. The van der Waals surface area contributed by atoms with Crippen LogP contribution in [0.1, 0.15) is 48.7 Å². The van der Waals surface area contributed by atoms with E-state index >= 15 is 0 Å². The molecule has 1 N–H and O–H groups in total. The van der Waals surface area contributed by atoms with Gasteiger partial charge in [0.2, 0.25) is 0 Å². The summed E-state index contributed by atoms with van der Waals surface area (Å²) in [4.78, 5) is 33.3. The van der Waals surface area contributed by atoms with E-state index < -0.39 is 12.1 Å². The Morgan fingerprint density at radius 2 is 1.93 bits per heavy atom. The maximum atomic E-state index is 12.4. The molecule has 2 aromatic heterocycles. The zero-order chi connectivity index (χ0) is 21.7. The number of fused-ring (bicyclic) bond motifs is 1. The van der Waals surface area contributed by atoms with Gasteiger partial charge in [-0.05, 0) is 32.8 Å². The second kappa shape index (κ2) is 9.47. The average molecular weight is 409 g/mol. The number of benzene rings is 1. The summed E-state index contributed by atoms with van der Waals surface area (Å²) < 4.78 is 6.95. The van der Waals surface area contributed by atoms with Crippen LogP contribution in [0.25, 0.3) is 5.78 Å². The first-order chi connectivity index (χ1) is 14.4. The van der Waals surface area contributed by atoms with Crippen molar-refractivity contribution in [2.75, 3.05) is 6.54 Å². The molecule has 2 atom stereocenters. The predicted octanol–water partition coefficient (Wildman–Crippen LogP) is 2.53. The number of ether oxygens (including phenoxy) is 1. The molecule has 0 saturated carbocycles. The van der Waals surface area contributed by atoms with Gasteiger partial charge in [-0.1, -0.05) is 37.3 Å². The first-order valence-electron chi connectivity index (χ1n) is 10.1. The molecule has 0 bridgehead atoms. The molecule has 3 rings (SSSR count). The molecular weight excluding hydrogens is 382 g/mol. The standard InChI is InChI=1S/C22H27N5O3/c1-5-17(18-9-7-6-8-10-18)12-23-21(29)16(4)30-20(28)11-19-14(2)26-22-24-13-25-27(22)15(19)3/h6-10,13,16-17H,5,11-12H2,1-4H3,(H,23,29)/t16-,17+/m1/s1. The molecule has 8 nitrogen and oxygen atoms in total. The van der Waals surface area contributed by atoms with Crippen molar-refractivity contribution in [2.24, 2.45) is 0 Å². The van der Waals surface area contributed by atoms with Gasteiger partial charge in [0.25, 0.3) is 11.7 Å². The summed E-state index contributed by atoms with van der Waals surface area (Å²) in [5, 5.41) is 7.01. The van der Waals surface area contributed by atoms with Crippen molar-refractivity contribution in [3.05, 3.63) is 59.2 Å². The van der Waals surface area contributed by atoms with Gasteiger partial charge >= 0.3 is 5.97 Å². The highest BCUT2D eigenvalue weighted by atomic mass is 16.5. The van der Waals surface area contributed by atoms with Gasteiger partial charge in [0, 0.05) is 29.4 Å². The third kappa shape index (κ3) is 4.82. The number of carbonyl (C=O) groups excluding carboxylic acids is 2. The van der Waals surface area contributed by atoms with Crippen molar-refractivity contribution in [2.45, 2.75) is 52.6 Å². The largest absolute Gasteiger partial charge is 0.452 e. The van der Waals surface area contributed by atoms with Crippen molar-refractivity contribution >= 4 is 17.7 Å². The topological polar surface area (TPSA) is 98.5 Å². The van der Waals surface area contributed by atoms with Crippen molar-refractivity contribution in [1.82, 2.24) is 24.9 Å². The summed E-state index contributed by atoms with van der Waals surface area (Å²) in [5.41, 5.74) is 3.36. The Balaban J connectivity index is 1.57. The van der Waals surface area contributed by atoms with Gasteiger partial charge in [0.15, 0.2) is 6.10 Å². The van der Waals surface area contributed by atoms with Crippen molar-refractivity contribution < 1.29 is 14.3 Å². The highest BCUT2D eigenvalue weighted by Gasteiger charge is 2.21. The average Bonchev–Trinajstić information content (AvgIpc) is 3.20. The van der Waals surface area contributed by atoms with Crippen LogP contribution in [0.5, 0.6) is 0 Å². The van der Waals surface area contributed by atoms with E-state index in [0.717, 1.165) is 17.7 Å². The van der Waals surface area contributed by atoms with E-state index in [0.29, 0.717) is 18.0 Å². The molecule has 0 fully saturated rings. The number of amides is 1. The van der Waals surface area contributed by atoms with Crippen LogP contribution in [0, 0.1) is 13.8 Å². The second-order valence-corrected chi connectivity index (χ2v) is 7.30. The van der Waals surface area contributed by atoms with Gasteiger partial charge in [-0.15, -0.1) is 0 Å². The quantitative estimate of drug-likeness (QED) is 0.574. The molecule has 0 aliphatic heterocycles. The van der Waals surface area contributed by atoms with Gasteiger partial charge in [0.1, 0.15) is 6.33 Å². The maximum absolute atomic E-state index is 12.4. The van der Waals surface area contributed by atoms with Gasteiger partial charge in [0.05, 0.1) is 6.42 Å². The number of hydrogen-bond donors (Lipinski definition) is 1. The summed E-state index contributed by atoms with van der Waals surface area (Å²) >= 11 is 0. The van der Waals surface area contributed by atoms with Gasteiger partial charge in [-0.3, -0.25) is 9.59 Å². The monoisotopic (exact) mass is 409 g/mol. The van der Waals surface area contributed by atoms with E-state index in [9.17, 15) is 9.59 Å². The van der Waals surface area contributed by atoms with E-state index in [2.05, 4.69) is 39.4 Å². The Morgan fingerprint density at radius 3 is 2.63 bits per heavy atom. The van der Waals surface area contributed by atoms with Crippen LogP contribution in [0.3, 0.4) is 0 Å². The van der Waals surface area contributed by atoms with Crippen LogP contribution in [0.15, 0.2) is 36.7 Å². The molecule has 0 radical (unpaired) electrons. The lowest BCUT2D eigenvalue weighted by Gasteiger charge is -2.19. The minimum absolute atomic E-state index is 0.0136. The number of aromatic nitrogens is 4. The van der Waals surface area contributed by atoms with Crippen LogP contribution in [0.4, 0.5) is 0 Å². The van der Waals surface area contributed by atoms with Crippen LogP contribution in [-0.2, 0) is 20.7 Å². The molecule has 0 aliphatic rings. The lowest BCUT2D eigenvalue weighted by Crippen LogP contribution is -2.38. The van der Waals surface area contributed by atoms with E-state index in [1.165, 1.54) is 11.9 Å². The predicted molar refractivity (Wildman–Crippen MR) is 112 cm³/mol. The van der Waals surface area contributed by atoms with Crippen LogP contribution in [0.2, 0.25) is 0 Å². The fourth-order valence-electron chi connectivity index (χ4n) is 3.44. The Hall–Kier alpha value is -3.29. The molecule has 2 heterocycles. The number of carbonyl (C=O) groups is 2. The molecule has 158 valence electrons. The van der Waals surface area contributed by atoms with Crippen LogP contribution >= 0.6 is 0 Å². The van der Waals surface area contributed by atoms with E-state index in [1.807, 2.05) is 32.0 Å². The Bertz CT molecular complexity index is 1030. The first-order valence-corrected chi connectivity index (χ1v) is 10.1. The fourth-order valence-corrected chi connectivity index (χ4v) is 3.44. The molecule has 8 heteroatoms. The Morgan fingerprint density at radius 1 is 1.20 bits per heavy atom. The third-order valence-corrected chi connectivity index (χ3v) is 5.27. The third-order valence-electron chi connectivity index (χ3n) is 5.27. The number of rotatable bonds is 8. The van der Waals surface area contributed by atoms with Gasteiger partial charge < -0.3 is 10.1 Å². The second-order valence-electron chi connectivity index (χ2n) is 7.30. The number of hydrogen-bond acceptors (Lipinski definition) is 6. The molecule has 0 unspecified atom stereocenters. The first kappa shape index (κ1) is 21.4. The zero-order valence-electron chi connectivity index (χ0n) is 17.8. The smallest absolute Gasteiger partial charge is 0.311 e. The molecule has 1 aromatic carbocycles. The molecule has 0 saturated heterocycles. The summed E-state index contributed by atoms with van der Waals surface area (Å²) in [6.45, 7) is 7.82. The highest BCUT2D eigenvalue weighted by Crippen LogP contribution is 2.18. The molecule has 3 aromatic rings. The Kier molecular flexibility index (Phi) is 6.76. The Labute approximate surface area is 175 Å². The van der Waals surface area contributed by atoms with Crippen LogP contribution < -0.4 is 5.32 Å². The fraction of sp³-hybridized carbons (Fsp3) is 0.409. The number of nitrogens with one attached hydrogen (secondary N) is 1. The SMILES string of the molecule is CC[C@@H](CNC(=O)[C@@H](C)OC(=O)Cc1c(C)nc2ncnn2c1C)c1ccccc1. The van der Waals surface area contributed by atoms with Crippen molar-refractivity contribution in [3.63, 3.8) is 0 Å². The number of nitrogens with zero attached hydrogens (tertiary/aromatic N) is 4. The lowest BCUT2D eigenvalue weighted by molar-refractivity contribution is -0.154. The van der Waals surface area contributed by atoms with Crippen molar-refractivity contribution in [3.8, 4) is 0 Å². The number of esters is 1. The van der Waals surface area contributed by atoms with E-state index in [1.54, 1.807) is 11.4 Å². The maximum Gasteiger partial charge on any atom is 0.311 e. The lowest BCUT2D eigenvalue weighted by atomic mass is 9.96. The summed E-state index contributed by atoms with van der Waals surface area (Å²) in [5.74, 6) is -0.0983. The molecule has 1 amide bonds. The van der Waals surface area contributed by atoms with Crippen LogP contribution in [-0.4, -0.2) is 44.1 Å². The highest BCUT2D eigenvalue weighted by molar-refractivity contribution is 5.84. The minimum Gasteiger partial charge on any atom is -0.452 e. The number of aryl methyl sites for hydroxylation is 2.